The fourth-order valence-electron chi connectivity index (χ4n) is 5.69. The Morgan fingerprint density at radius 2 is 1.35 bits per heavy atom. The molecule has 0 heterocycles. The second-order valence-electron chi connectivity index (χ2n) is 15.4. The largest absolute Gasteiger partial charge is 0.458 e. The maximum atomic E-state index is 14.7. The molecule has 0 aliphatic carbocycles. The SMILES string of the molecule is CCCCCCCN(C(=O)C(NC(=O)OC(C)(C)C)C(C)C)C(C(=O)NC(Cc1ccccc1)C(=O)OC(C)(C)C)c1cc(C)cc(C)c1. The Morgan fingerprint density at radius 3 is 1.88 bits per heavy atom. The molecule has 3 unspecified atom stereocenters. The number of amides is 3. The summed E-state index contributed by atoms with van der Waals surface area (Å²) in [5.41, 5.74) is 1.81. The highest BCUT2D eigenvalue weighted by atomic mass is 16.6. The Morgan fingerprint density at radius 1 is 0.776 bits per heavy atom. The molecule has 2 aromatic carbocycles. The van der Waals surface area contributed by atoms with Crippen molar-refractivity contribution in [2.45, 2.75) is 144 Å². The standard InChI is InChI=1S/C40H61N3O6/c1-12-13-14-15-19-22-43(36(45)33(27(2)3)42-38(47)49-40(9,10)11)34(31-24-28(4)23-29(5)25-31)35(44)41-32(37(46)48-39(6,7)8)26-30-20-17-16-18-21-30/h16-18,20-21,23-25,27,32-34H,12-15,19,22,26H2,1-11H3,(H,41,44)(H,42,47). The maximum Gasteiger partial charge on any atom is 0.408 e. The number of carbonyl (C=O) groups excluding carboxylic acids is 4. The molecule has 0 bridgehead atoms. The van der Waals surface area contributed by atoms with Crippen molar-refractivity contribution in [2.75, 3.05) is 6.54 Å². The topological polar surface area (TPSA) is 114 Å². The first-order valence-corrected chi connectivity index (χ1v) is 17.8. The highest BCUT2D eigenvalue weighted by Gasteiger charge is 2.39. The Bertz CT molecular complexity index is 1360. The van der Waals surface area contributed by atoms with Gasteiger partial charge in [-0.1, -0.05) is 106 Å². The van der Waals surface area contributed by atoms with Crippen molar-refractivity contribution >= 4 is 23.9 Å². The minimum atomic E-state index is -1.08. The monoisotopic (exact) mass is 679 g/mol. The van der Waals surface area contributed by atoms with Crippen molar-refractivity contribution in [3.8, 4) is 0 Å². The first kappa shape index (κ1) is 41.3. The highest BCUT2D eigenvalue weighted by molar-refractivity contribution is 5.94. The molecular weight excluding hydrogens is 618 g/mol. The summed E-state index contributed by atoms with van der Waals surface area (Å²) in [4.78, 5) is 57.5. The summed E-state index contributed by atoms with van der Waals surface area (Å²) in [5, 5.41) is 5.78. The van der Waals surface area contributed by atoms with Crippen LogP contribution < -0.4 is 10.6 Å². The van der Waals surface area contributed by atoms with Crippen LogP contribution in [-0.2, 0) is 30.3 Å². The number of nitrogens with zero attached hydrogens (tertiary/aromatic N) is 1. The lowest BCUT2D eigenvalue weighted by molar-refractivity contribution is -0.159. The molecule has 272 valence electrons. The van der Waals surface area contributed by atoms with Gasteiger partial charge in [-0.2, -0.15) is 0 Å². The molecule has 49 heavy (non-hydrogen) atoms. The Balaban J connectivity index is 2.66. The van der Waals surface area contributed by atoms with E-state index < -0.39 is 53.2 Å². The van der Waals surface area contributed by atoms with E-state index in [1.165, 1.54) is 0 Å². The van der Waals surface area contributed by atoms with E-state index in [4.69, 9.17) is 9.47 Å². The number of rotatable bonds is 16. The predicted octanol–water partition coefficient (Wildman–Crippen LogP) is 7.76. The average molecular weight is 680 g/mol. The lowest BCUT2D eigenvalue weighted by Gasteiger charge is -2.36. The first-order chi connectivity index (χ1) is 22.8. The third-order valence-electron chi connectivity index (χ3n) is 7.80. The highest BCUT2D eigenvalue weighted by Crippen LogP contribution is 2.27. The normalized spacial score (nSPS) is 13.6. The molecule has 3 amide bonds. The zero-order valence-electron chi connectivity index (χ0n) is 31.8. The molecule has 0 spiro atoms. The minimum Gasteiger partial charge on any atom is -0.458 e. The van der Waals surface area contributed by atoms with Gasteiger partial charge >= 0.3 is 12.1 Å². The molecule has 0 saturated heterocycles. The van der Waals surface area contributed by atoms with E-state index in [9.17, 15) is 19.2 Å². The zero-order valence-corrected chi connectivity index (χ0v) is 31.8. The summed E-state index contributed by atoms with van der Waals surface area (Å²) in [5.74, 6) is -1.77. The molecule has 3 atom stereocenters. The van der Waals surface area contributed by atoms with Gasteiger partial charge < -0.3 is 25.0 Å². The summed E-state index contributed by atoms with van der Waals surface area (Å²) < 4.78 is 11.3. The number of nitrogens with one attached hydrogen (secondary N) is 2. The van der Waals surface area contributed by atoms with Gasteiger partial charge in [-0.05, 0) is 78.9 Å². The lowest BCUT2D eigenvalue weighted by atomic mass is 9.95. The lowest BCUT2D eigenvalue weighted by Crippen LogP contribution is -2.56. The molecule has 0 saturated carbocycles. The number of esters is 1. The molecule has 9 heteroatoms. The minimum absolute atomic E-state index is 0.209. The molecule has 2 N–H and O–H groups in total. The van der Waals surface area contributed by atoms with E-state index in [1.54, 1.807) is 46.4 Å². The second kappa shape index (κ2) is 18.8. The Labute approximate surface area is 294 Å². The fourth-order valence-corrected chi connectivity index (χ4v) is 5.69. The van der Waals surface area contributed by atoms with Gasteiger partial charge in [-0.3, -0.25) is 9.59 Å². The third kappa shape index (κ3) is 14.6. The van der Waals surface area contributed by atoms with E-state index in [2.05, 4.69) is 17.6 Å². The van der Waals surface area contributed by atoms with Crippen molar-refractivity contribution in [1.82, 2.24) is 15.5 Å². The Hall–Kier alpha value is -3.88. The van der Waals surface area contributed by atoms with E-state index in [0.717, 1.165) is 42.4 Å². The molecule has 0 radical (unpaired) electrons. The second-order valence-corrected chi connectivity index (χ2v) is 15.4. The average Bonchev–Trinajstić information content (AvgIpc) is 2.96. The number of benzene rings is 2. The van der Waals surface area contributed by atoms with Gasteiger partial charge in [-0.25, -0.2) is 9.59 Å². The van der Waals surface area contributed by atoms with Gasteiger partial charge in [0.1, 0.15) is 29.3 Å². The van der Waals surface area contributed by atoms with Gasteiger partial charge in [0.25, 0.3) is 0 Å². The molecule has 0 aliphatic rings. The molecular formula is C40H61N3O6. The molecule has 0 aromatic heterocycles. The number of alkyl carbamates (subject to hydrolysis) is 1. The van der Waals surface area contributed by atoms with Crippen molar-refractivity contribution in [3.63, 3.8) is 0 Å². The van der Waals surface area contributed by atoms with Crippen LogP contribution in [0.1, 0.15) is 123 Å². The quantitative estimate of drug-likeness (QED) is 0.139. The van der Waals surface area contributed by atoms with Crippen LogP contribution >= 0.6 is 0 Å². The summed E-state index contributed by atoms with van der Waals surface area (Å²) in [6.45, 7) is 20.7. The van der Waals surface area contributed by atoms with Gasteiger partial charge in [-0.15, -0.1) is 0 Å². The zero-order chi connectivity index (χ0) is 36.9. The summed E-state index contributed by atoms with van der Waals surface area (Å²) >= 11 is 0. The van der Waals surface area contributed by atoms with Crippen LogP contribution in [0.15, 0.2) is 48.5 Å². The molecule has 9 nitrogen and oxygen atoms in total. The van der Waals surface area contributed by atoms with Crippen LogP contribution in [0.4, 0.5) is 4.79 Å². The summed E-state index contributed by atoms with van der Waals surface area (Å²) in [6, 6.07) is 12.2. The van der Waals surface area contributed by atoms with Crippen LogP contribution in [-0.4, -0.2) is 58.6 Å². The van der Waals surface area contributed by atoms with Crippen molar-refractivity contribution in [1.29, 1.82) is 0 Å². The van der Waals surface area contributed by atoms with E-state index in [0.29, 0.717) is 12.0 Å². The predicted molar refractivity (Wildman–Crippen MR) is 195 cm³/mol. The fraction of sp³-hybridized carbons (Fsp3) is 0.600. The van der Waals surface area contributed by atoms with Crippen LogP contribution in [0.5, 0.6) is 0 Å². The van der Waals surface area contributed by atoms with Crippen LogP contribution in [0.2, 0.25) is 0 Å². The molecule has 0 aliphatic heterocycles. The first-order valence-electron chi connectivity index (χ1n) is 17.8. The van der Waals surface area contributed by atoms with E-state index in [1.807, 2.05) is 76.2 Å². The van der Waals surface area contributed by atoms with Gasteiger partial charge in [0.15, 0.2) is 0 Å². The third-order valence-corrected chi connectivity index (χ3v) is 7.80. The number of unbranched alkanes of at least 4 members (excludes halogenated alkanes) is 4. The number of hydrogen-bond donors (Lipinski definition) is 2. The van der Waals surface area contributed by atoms with Crippen molar-refractivity contribution < 1.29 is 28.7 Å². The van der Waals surface area contributed by atoms with Crippen molar-refractivity contribution in [3.05, 3.63) is 70.8 Å². The number of aryl methyl sites for hydroxylation is 2. The van der Waals surface area contributed by atoms with E-state index in [-0.39, 0.29) is 18.9 Å². The molecule has 2 rings (SSSR count). The summed E-state index contributed by atoms with van der Waals surface area (Å²) in [6.07, 6.45) is 4.18. The van der Waals surface area contributed by atoms with Gasteiger partial charge in [0, 0.05) is 13.0 Å². The Kier molecular flexibility index (Phi) is 15.8. The molecule has 2 aromatic rings. The van der Waals surface area contributed by atoms with Crippen LogP contribution in [0.25, 0.3) is 0 Å². The van der Waals surface area contributed by atoms with Crippen molar-refractivity contribution in [2.24, 2.45) is 5.92 Å². The maximum absolute atomic E-state index is 14.7. The van der Waals surface area contributed by atoms with E-state index >= 15 is 0 Å². The summed E-state index contributed by atoms with van der Waals surface area (Å²) in [7, 11) is 0. The number of ether oxygens (including phenoxy) is 2. The smallest absolute Gasteiger partial charge is 0.408 e. The van der Waals surface area contributed by atoms with Gasteiger partial charge in [0.05, 0.1) is 0 Å². The number of hydrogen-bond acceptors (Lipinski definition) is 6. The van der Waals surface area contributed by atoms with Crippen LogP contribution in [0, 0.1) is 19.8 Å². The number of carbonyl (C=O) groups is 4. The van der Waals surface area contributed by atoms with Crippen LogP contribution in [0.3, 0.4) is 0 Å². The van der Waals surface area contributed by atoms with Gasteiger partial charge in [0.2, 0.25) is 11.8 Å². The molecule has 0 fully saturated rings.